The Balaban J connectivity index is 2.16. The zero-order valence-corrected chi connectivity index (χ0v) is 10.9. The molecule has 2 rings (SSSR count). The zero-order valence-electron chi connectivity index (χ0n) is 10.1. The van der Waals surface area contributed by atoms with Crippen molar-refractivity contribution < 1.29 is 13.2 Å². The molecule has 0 saturated carbocycles. The molecule has 18 heavy (non-hydrogen) atoms. The number of hydrogen-bond donors (Lipinski definition) is 1. The minimum atomic E-state index is -3.49. The Kier molecular flexibility index (Phi) is 3.63. The maximum absolute atomic E-state index is 12.0. The summed E-state index contributed by atoms with van der Waals surface area (Å²) in [6.45, 7) is 1.45. The molecule has 0 fully saturated rings. The van der Waals surface area contributed by atoms with Gasteiger partial charge < -0.3 is 0 Å². The summed E-state index contributed by atoms with van der Waals surface area (Å²) < 4.78 is 26.7. The molecule has 0 heterocycles. The molecule has 0 spiro atoms. The fraction of sp³-hybridized carbons (Fsp3) is 0.308. The van der Waals surface area contributed by atoms with Gasteiger partial charge in [-0.15, -0.1) is 0 Å². The maximum Gasteiger partial charge on any atom is 0.240 e. The summed E-state index contributed by atoms with van der Waals surface area (Å²) in [6.07, 6.45) is 5.38. The van der Waals surface area contributed by atoms with Crippen LogP contribution in [0, 0.1) is 0 Å². The monoisotopic (exact) mass is 265 g/mol. The van der Waals surface area contributed by atoms with Crippen LogP contribution in [0.25, 0.3) is 0 Å². The lowest BCUT2D eigenvalue weighted by Gasteiger charge is -2.12. The van der Waals surface area contributed by atoms with Gasteiger partial charge in [0.05, 0.1) is 4.90 Å². The maximum atomic E-state index is 12.0. The van der Waals surface area contributed by atoms with Crippen molar-refractivity contribution in [1.29, 1.82) is 0 Å². The predicted molar refractivity (Wildman–Crippen MR) is 68.9 cm³/mol. The average Bonchev–Trinajstić information content (AvgIpc) is 2.81. The van der Waals surface area contributed by atoms with Crippen LogP contribution in [0.1, 0.15) is 30.1 Å². The van der Waals surface area contributed by atoms with Crippen molar-refractivity contribution in [3.05, 3.63) is 42.0 Å². The van der Waals surface area contributed by atoms with Crippen LogP contribution in [-0.4, -0.2) is 20.2 Å². The number of sulfonamides is 1. The molecule has 96 valence electrons. The summed E-state index contributed by atoms with van der Waals surface area (Å²) in [4.78, 5) is 11.3. The lowest BCUT2D eigenvalue weighted by atomic mass is 10.2. The molecule has 1 aromatic rings. The van der Waals surface area contributed by atoms with Gasteiger partial charge in [-0.1, -0.05) is 24.3 Å². The molecule has 0 amide bonds. The third-order valence-corrected chi connectivity index (χ3v) is 4.44. The Morgan fingerprint density at radius 3 is 2.22 bits per heavy atom. The fourth-order valence-electron chi connectivity index (χ4n) is 1.87. The highest BCUT2D eigenvalue weighted by atomic mass is 32.2. The van der Waals surface area contributed by atoms with Gasteiger partial charge in [0.2, 0.25) is 10.0 Å². The normalized spacial score (nSPS) is 16.1. The number of Topliss-reactive ketones (excluding diaryl/α,β-unsaturated/α-hetero) is 1. The van der Waals surface area contributed by atoms with E-state index < -0.39 is 10.0 Å². The molecule has 1 aromatic carbocycles. The Labute approximate surface area is 107 Å². The highest BCUT2D eigenvalue weighted by molar-refractivity contribution is 7.89. The van der Waals surface area contributed by atoms with Gasteiger partial charge in [-0.25, -0.2) is 13.1 Å². The Hall–Kier alpha value is -1.46. The molecule has 0 radical (unpaired) electrons. The number of benzene rings is 1. The van der Waals surface area contributed by atoms with Crippen molar-refractivity contribution >= 4 is 15.8 Å². The molecule has 0 bridgehead atoms. The zero-order chi connectivity index (χ0) is 13.2. The van der Waals surface area contributed by atoms with E-state index in [4.69, 9.17) is 0 Å². The summed E-state index contributed by atoms with van der Waals surface area (Å²) >= 11 is 0. The van der Waals surface area contributed by atoms with Crippen molar-refractivity contribution in [1.82, 2.24) is 4.72 Å². The lowest BCUT2D eigenvalue weighted by molar-refractivity contribution is 0.101. The molecular weight excluding hydrogens is 250 g/mol. The van der Waals surface area contributed by atoms with Crippen molar-refractivity contribution in [2.75, 3.05) is 0 Å². The van der Waals surface area contributed by atoms with Crippen LogP contribution in [-0.2, 0) is 10.0 Å². The average molecular weight is 265 g/mol. The van der Waals surface area contributed by atoms with E-state index in [0.717, 1.165) is 12.8 Å². The van der Waals surface area contributed by atoms with Gasteiger partial charge in [0.25, 0.3) is 0 Å². The molecule has 0 aliphatic heterocycles. The summed E-state index contributed by atoms with van der Waals surface area (Å²) in [7, 11) is -3.49. The van der Waals surface area contributed by atoms with Gasteiger partial charge in [-0.05, 0) is 31.9 Å². The second kappa shape index (κ2) is 5.04. The van der Waals surface area contributed by atoms with E-state index in [1.54, 1.807) is 0 Å². The third-order valence-electron chi connectivity index (χ3n) is 2.90. The SMILES string of the molecule is CC(=O)c1ccc(S(=O)(=O)NC2CC=CC2)cc1. The highest BCUT2D eigenvalue weighted by Crippen LogP contribution is 2.15. The van der Waals surface area contributed by atoms with E-state index in [1.165, 1.54) is 31.2 Å². The van der Waals surface area contributed by atoms with Gasteiger partial charge in [-0.2, -0.15) is 0 Å². The van der Waals surface area contributed by atoms with Crippen molar-refractivity contribution in [2.45, 2.75) is 30.7 Å². The molecule has 0 unspecified atom stereocenters. The van der Waals surface area contributed by atoms with Gasteiger partial charge in [-0.3, -0.25) is 4.79 Å². The first kappa shape index (κ1) is 13.0. The molecular formula is C13H15NO3S. The number of carbonyl (C=O) groups is 1. The van der Waals surface area contributed by atoms with E-state index in [-0.39, 0.29) is 16.7 Å². The topological polar surface area (TPSA) is 63.2 Å². The molecule has 4 nitrogen and oxygen atoms in total. The van der Waals surface area contributed by atoms with Crippen LogP contribution in [0.4, 0.5) is 0 Å². The largest absolute Gasteiger partial charge is 0.295 e. The molecule has 5 heteroatoms. The minimum absolute atomic E-state index is 0.0533. The first-order chi connectivity index (χ1) is 8.49. The third kappa shape index (κ3) is 2.86. The van der Waals surface area contributed by atoms with Crippen LogP contribution in [0.5, 0.6) is 0 Å². The summed E-state index contributed by atoms with van der Waals surface area (Å²) in [5, 5.41) is 0. The molecule has 0 atom stereocenters. The fourth-order valence-corrected chi connectivity index (χ4v) is 3.13. The van der Waals surface area contributed by atoms with E-state index in [0.29, 0.717) is 5.56 Å². The van der Waals surface area contributed by atoms with Gasteiger partial charge >= 0.3 is 0 Å². The predicted octanol–water partition coefficient (Wildman–Crippen LogP) is 1.89. The number of rotatable bonds is 4. The second-order valence-electron chi connectivity index (χ2n) is 4.34. The van der Waals surface area contributed by atoms with E-state index in [1.807, 2.05) is 12.2 Å². The van der Waals surface area contributed by atoms with Crippen molar-refractivity contribution in [2.24, 2.45) is 0 Å². The lowest BCUT2D eigenvalue weighted by Crippen LogP contribution is -2.32. The second-order valence-corrected chi connectivity index (χ2v) is 6.06. The Morgan fingerprint density at radius 2 is 1.72 bits per heavy atom. The van der Waals surface area contributed by atoms with Gasteiger partial charge in [0.1, 0.15) is 0 Å². The first-order valence-corrected chi connectivity index (χ1v) is 7.26. The van der Waals surface area contributed by atoms with Crippen LogP contribution in [0.3, 0.4) is 0 Å². The minimum Gasteiger partial charge on any atom is -0.295 e. The molecule has 0 saturated heterocycles. The van der Waals surface area contributed by atoms with Crippen LogP contribution in [0.15, 0.2) is 41.3 Å². The number of hydrogen-bond acceptors (Lipinski definition) is 3. The van der Waals surface area contributed by atoms with Crippen molar-refractivity contribution in [3.63, 3.8) is 0 Å². The Bertz CT molecular complexity index is 565. The van der Waals surface area contributed by atoms with Crippen LogP contribution < -0.4 is 4.72 Å². The van der Waals surface area contributed by atoms with Gasteiger partial charge in [0.15, 0.2) is 5.78 Å². The first-order valence-electron chi connectivity index (χ1n) is 5.77. The standard InChI is InChI=1S/C13H15NO3S/c1-10(15)11-6-8-13(9-7-11)18(16,17)14-12-4-2-3-5-12/h2-3,6-9,12,14H,4-5H2,1H3. The van der Waals surface area contributed by atoms with E-state index >= 15 is 0 Å². The van der Waals surface area contributed by atoms with Crippen LogP contribution >= 0.6 is 0 Å². The number of carbonyl (C=O) groups excluding carboxylic acids is 1. The molecule has 1 aliphatic rings. The Morgan fingerprint density at radius 1 is 1.17 bits per heavy atom. The van der Waals surface area contributed by atoms with E-state index in [9.17, 15) is 13.2 Å². The van der Waals surface area contributed by atoms with Gasteiger partial charge in [0, 0.05) is 11.6 Å². The molecule has 1 aliphatic carbocycles. The highest BCUT2D eigenvalue weighted by Gasteiger charge is 2.20. The summed E-state index contributed by atoms with van der Waals surface area (Å²) in [6, 6.07) is 5.93. The quantitative estimate of drug-likeness (QED) is 0.668. The smallest absolute Gasteiger partial charge is 0.240 e. The van der Waals surface area contributed by atoms with Crippen LogP contribution in [0.2, 0.25) is 0 Å². The number of nitrogens with one attached hydrogen (secondary N) is 1. The number of ketones is 1. The molecule has 1 N–H and O–H groups in total. The van der Waals surface area contributed by atoms with E-state index in [2.05, 4.69) is 4.72 Å². The van der Waals surface area contributed by atoms with Crippen molar-refractivity contribution in [3.8, 4) is 0 Å². The molecule has 0 aromatic heterocycles. The summed E-state index contributed by atoms with van der Waals surface area (Å²) in [5.41, 5.74) is 0.511. The summed E-state index contributed by atoms with van der Waals surface area (Å²) in [5.74, 6) is -0.0769.